The summed E-state index contributed by atoms with van der Waals surface area (Å²) in [6, 6.07) is 10.6. The summed E-state index contributed by atoms with van der Waals surface area (Å²) in [6.07, 6.45) is 3.78. The standard InChI is InChI=1S/C14H20N2O/c15-13-10-16(11-13)14(17)9-5-4-8-12-6-2-1-3-7-12/h1-3,6-7,13H,4-5,8-11,15H2. The molecule has 17 heavy (non-hydrogen) atoms. The molecule has 0 unspecified atom stereocenters. The van der Waals surface area contributed by atoms with Crippen molar-refractivity contribution >= 4 is 5.91 Å². The molecule has 2 N–H and O–H groups in total. The molecule has 0 atom stereocenters. The average Bonchev–Trinajstić information content (AvgIpc) is 2.32. The monoisotopic (exact) mass is 232 g/mol. The number of benzene rings is 1. The fraction of sp³-hybridized carbons (Fsp3) is 0.500. The number of carbonyl (C=O) groups is 1. The van der Waals surface area contributed by atoms with E-state index in [1.54, 1.807) is 0 Å². The molecule has 1 amide bonds. The molecule has 0 radical (unpaired) electrons. The highest BCUT2D eigenvalue weighted by Gasteiger charge is 2.26. The molecule has 0 spiro atoms. The topological polar surface area (TPSA) is 46.3 Å². The molecule has 1 aromatic carbocycles. The number of rotatable bonds is 5. The molecule has 0 aliphatic carbocycles. The molecule has 1 aliphatic heterocycles. The average molecular weight is 232 g/mol. The first-order valence-electron chi connectivity index (χ1n) is 6.33. The first-order valence-corrected chi connectivity index (χ1v) is 6.33. The van der Waals surface area contributed by atoms with Crippen LogP contribution in [-0.2, 0) is 11.2 Å². The third-order valence-electron chi connectivity index (χ3n) is 3.21. The van der Waals surface area contributed by atoms with E-state index in [2.05, 4.69) is 24.3 Å². The van der Waals surface area contributed by atoms with Gasteiger partial charge < -0.3 is 10.6 Å². The normalized spacial score (nSPS) is 15.7. The number of aryl methyl sites for hydroxylation is 1. The molecule has 1 fully saturated rings. The second-order valence-electron chi connectivity index (χ2n) is 4.75. The Morgan fingerprint density at radius 2 is 1.94 bits per heavy atom. The van der Waals surface area contributed by atoms with Crippen LogP contribution in [0.2, 0.25) is 0 Å². The molecule has 1 aromatic rings. The van der Waals surface area contributed by atoms with E-state index in [9.17, 15) is 4.79 Å². The Balaban J connectivity index is 1.59. The molecule has 0 bridgehead atoms. The van der Waals surface area contributed by atoms with E-state index in [-0.39, 0.29) is 11.9 Å². The SMILES string of the molecule is NC1CN(C(=O)CCCCc2ccccc2)C1. The highest BCUT2D eigenvalue weighted by molar-refractivity contribution is 5.77. The first kappa shape index (κ1) is 12.1. The number of hydrogen-bond donors (Lipinski definition) is 1. The molecule has 1 aliphatic rings. The maximum Gasteiger partial charge on any atom is 0.222 e. The van der Waals surface area contributed by atoms with E-state index in [0.29, 0.717) is 6.42 Å². The lowest BCUT2D eigenvalue weighted by Crippen LogP contribution is -2.57. The van der Waals surface area contributed by atoms with Crippen molar-refractivity contribution in [3.63, 3.8) is 0 Å². The molecule has 1 heterocycles. The highest BCUT2D eigenvalue weighted by atomic mass is 16.2. The van der Waals surface area contributed by atoms with Crippen LogP contribution in [0.4, 0.5) is 0 Å². The van der Waals surface area contributed by atoms with Crippen LogP contribution in [0, 0.1) is 0 Å². The summed E-state index contributed by atoms with van der Waals surface area (Å²) in [5.41, 5.74) is 7.00. The zero-order valence-corrected chi connectivity index (χ0v) is 10.1. The Morgan fingerprint density at radius 3 is 2.59 bits per heavy atom. The van der Waals surface area contributed by atoms with Gasteiger partial charge in [-0.15, -0.1) is 0 Å². The number of hydrogen-bond acceptors (Lipinski definition) is 2. The minimum Gasteiger partial charge on any atom is -0.339 e. The van der Waals surface area contributed by atoms with Gasteiger partial charge in [0.25, 0.3) is 0 Å². The van der Waals surface area contributed by atoms with Crippen molar-refractivity contribution in [1.82, 2.24) is 4.90 Å². The van der Waals surface area contributed by atoms with E-state index in [1.165, 1.54) is 5.56 Å². The Labute approximate surface area is 103 Å². The van der Waals surface area contributed by atoms with Crippen molar-refractivity contribution in [2.75, 3.05) is 13.1 Å². The molecule has 3 heteroatoms. The Bertz CT molecular complexity index is 358. The predicted octanol–water partition coefficient (Wildman–Crippen LogP) is 1.57. The van der Waals surface area contributed by atoms with Crippen molar-refractivity contribution in [1.29, 1.82) is 0 Å². The van der Waals surface area contributed by atoms with Gasteiger partial charge in [0.2, 0.25) is 5.91 Å². The van der Waals surface area contributed by atoms with Crippen molar-refractivity contribution in [3.8, 4) is 0 Å². The summed E-state index contributed by atoms with van der Waals surface area (Å²) < 4.78 is 0. The van der Waals surface area contributed by atoms with Crippen molar-refractivity contribution < 1.29 is 4.79 Å². The molecule has 2 rings (SSSR count). The molecule has 92 valence electrons. The molecule has 0 aromatic heterocycles. The van der Waals surface area contributed by atoms with Crippen molar-refractivity contribution in [3.05, 3.63) is 35.9 Å². The van der Waals surface area contributed by atoms with Crippen LogP contribution in [0.5, 0.6) is 0 Å². The number of carbonyl (C=O) groups excluding carboxylic acids is 1. The second kappa shape index (κ2) is 5.82. The molecule has 0 saturated carbocycles. The lowest BCUT2D eigenvalue weighted by molar-refractivity contribution is -0.135. The van der Waals surface area contributed by atoms with Crippen LogP contribution in [0.1, 0.15) is 24.8 Å². The Kier molecular flexibility index (Phi) is 4.15. The zero-order valence-electron chi connectivity index (χ0n) is 10.1. The third-order valence-corrected chi connectivity index (χ3v) is 3.21. The number of unbranched alkanes of at least 4 members (excludes halogenated alkanes) is 1. The maximum atomic E-state index is 11.7. The second-order valence-corrected chi connectivity index (χ2v) is 4.75. The van der Waals surface area contributed by atoms with Crippen LogP contribution in [-0.4, -0.2) is 29.9 Å². The van der Waals surface area contributed by atoms with E-state index < -0.39 is 0 Å². The summed E-state index contributed by atoms with van der Waals surface area (Å²) in [7, 11) is 0. The summed E-state index contributed by atoms with van der Waals surface area (Å²) in [4.78, 5) is 13.5. The highest BCUT2D eigenvalue weighted by Crippen LogP contribution is 2.11. The van der Waals surface area contributed by atoms with Gasteiger partial charge in [0.1, 0.15) is 0 Å². The van der Waals surface area contributed by atoms with Crippen molar-refractivity contribution in [2.24, 2.45) is 5.73 Å². The largest absolute Gasteiger partial charge is 0.339 e. The van der Waals surface area contributed by atoms with Gasteiger partial charge in [-0.1, -0.05) is 30.3 Å². The van der Waals surface area contributed by atoms with Gasteiger partial charge in [-0.2, -0.15) is 0 Å². The summed E-state index contributed by atoms with van der Waals surface area (Å²) in [5, 5.41) is 0. The number of nitrogens with two attached hydrogens (primary N) is 1. The quantitative estimate of drug-likeness (QED) is 0.783. The maximum absolute atomic E-state index is 11.7. The van der Waals surface area contributed by atoms with E-state index in [0.717, 1.165) is 32.4 Å². The lowest BCUT2D eigenvalue weighted by atomic mass is 10.1. The molecule has 3 nitrogen and oxygen atoms in total. The fourth-order valence-electron chi connectivity index (χ4n) is 2.12. The van der Waals surface area contributed by atoms with Gasteiger partial charge in [0, 0.05) is 25.6 Å². The zero-order chi connectivity index (χ0) is 12.1. The Hall–Kier alpha value is -1.35. The summed E-state index contributed by atoms with van der Waals surface area (Å²) >= 11 is 0. The van der Waals surface area contributed by atoms with Crippen LogP contribution >= 0.6 is 0 Å². The van der Waals surface area contributed by atoms with Crippen LogP contribution in [0.25, 0.3) is 0 Å². The van der Waals surface area contributed by atoms with Crippen LogP contribution in [0.3, 0.4) is 0 Å². The van der Waals surface area contributed by atoms with Gasteiger partial charge in [0.15, 0.2) is 0 Å². The minimum atomic E-state index is 0.211. The van der Waals surface area contributed by atoms with Crippen LogP contribution in [0.15, 0.2) is 30.3 Å². The van der Waals surface area contributed by atoms with Gasteiger partial charge >= 0.3 is 0 Å². The van der Waals surface area contributed by atoms with Gasteiger partial charge in [0.05, 0.1) is 0 Å². The summed E-state index contributed by atoms with van der Waals surface area (Å²) in [5.74, 6) is 0.264. The van der Waals surface area contributed by atoms with E-state index in [4.69, 9.17) is 5.73 Å². The van der Waals surface area contributed by atoms with E-state index in [1.807, 2.05) is 11.0 Å². The smallest absolute Gasteiger partial charge is 0.222 e. The fourth-order valence-corrected chi connectivity index (χ4v) is 2.12. The first-order chi connectivity index (χ1) is 8.25. The van der Waals surface area contributed by atoms with Gasteiger partial charge in [-0.05, 0) is 24.8 Å². The Morgan fingerprint density at radius 1 is 1.24 bits per heavy atom. The lowest BCUT2D eigenvalue weighted by Gasteiger charge is -2.36. The number of nitrogens with zero attached hydrogens (tertiary/aromatic N) is 1. The van der Waals surface area contributed by atoms with Gasteiger partial charge in [-0.3, -0.25) is 4.79 Å². The third kappa shape index (κ3) is 3.56. The van der Waals surface area contributed by atoms with Gasteiger partial charge in [-0.25, -0.2) is 0 Å². The molecular formula is C14H20N2O. The number of amides is 1. The summed E-state index contributed by atoms with van der Waals surface area (Å²) in [6.45, 7) is 1.50. The minimum absolute atomic E-state index is 0.211. The number of likely N-dealkylation sites (tertiary alicyclic amines) is 1. The predicted molar refractivity (Wildman–Crippen MR) is 68.6 cm³/mol. The van der Waals surface area contributed by atoms with Crippen molar-refractivity contribution in [2.45, 2.75) is 31.7 Å². The van der Waals surface area contributed by atoms with E-state index >= 15 is 0 Å². The van der Waals surface area contributed by atoms with Crippen LogP contribution < -0.4 is 5.73 Å². The molecule has 1 saturated heterocycles. The molecular weight excluding hydrogens is 212 g/mol.